The molecule has 1 aromatic carbocycles. The fourth-order valence-corrected chi connectivity index (χ4v) is 1.50. The van der Waals surface area contributed by atoms with E-state index in [2.05, 4.69) is 5.32 Å². The number of aromatic hydroxyl groups is 2. The van der Waals surface area contributed by atoms with Gasteiger partial charge in [-0.3, -0.25) is 4.79 Å². The summed E-state index contributed by atoms with van der Waals surface area (Å²) in [6.07, 6.45) is 0.588. The van der Waals surface area contributed by atoms with Gasteiger partial charge >= 0.3 is 0 Å². The molecule has 0 saturated carbocycles. The van der Waals surface area contributed by atoms with Gasteiger partial charge in [-0.05, 0) is 18.6 Å². The first-order chi connectivity index (χ1) is 8.52. The molecular formula is C12H18N2O4. The van der Waals surface area contributed by atoms with Crippen molar-refractivity contribution >= 4 is 5.91 Å². The molecule has 0 spiro atoms. The number of carbonyl (C=O) groups excluding carboxylic acids is 1. The number of ether oxygens (including phenoxy) is 1. The van der Waals surface area contributed by atoms with Crippen LogP contribution in [0.1, 0.15) is 16.8 Å². The molecule has 0 aliphatic carbocycles. The topological polar surface area (TPSA) is 105 Å². The van der Waals surface area contributed by atoms with Crippen LogP contribution in [-0.4, -0.2) is 42.4 Å². The second-order valence-electron chi connectivity index (χ2n) is 4.00. The van der Waals surface area contributed by atoms with Crippen LogP contribution in [0, 0.1) is 0 Å². The number of methoxy groups -OCH3 is 1. The van der Waals surface area contributed by atoms with E-state index in [0.717, 1.165) is 6.07 Å². The Labute approximate surface area is 105 Å². The van der Waals surface area contributed by atoms with Gasteiger partial charge in [0.2, 0.25) is 0 Å². The number of phenols is 2. The van der Waals surface area contributed by atoms with Gasteiger partial charge < -0.3 is 26.0 Å². The summed E-state index contributed by atoms with van der Waals surface area (Å²) in [4.78, 5) is 11.7. The van der Waals surface area contributed by atoms with Gasteiger partial charge in [0.15, 0.2) is 0 Å². The van der Waals surface area contributed by atoms with Crippen molar-refractivity contribution in [2.75, 3.05) is 20.3 Å². The van der Waals surface area contributed by atoms with E-state index in [4.69, 9.17) is 10.5 Å². The minimum absolute atomic E-state index is 0.132. The molecule has 1 unspecified atom stereocenters. The Morgan fingerprint density at radius 2 is 2.00 bits per heavy atom. The summed E-state index contributed by atoms with van der Waals surface area (Å²) in [7, 11) is 1.56. The normalized spacial score (nSPS) is 12.1. The molecule has 1 atom stereocenters. The summed E-state index contributed by atoms with van der Waals surface area (Å²) >= 11 is 0. The number of nitrogens with one attached hydrogen (secondary N) is 1. The van der Waals surface area contributed by atoms with Crippen molar-refractivity contribution in [1.82, 2.24) is 5.32 Å². The van der Waals surface area contributed by atoms with E-state index < -0.39 is 0 Å². The number of hydrogen-bond donors (Lipinski definition) is 4. The van der Waals surface area contributed by atoms with Crippen molar-refractivity contribution in [3.05, 3.63) is 23.8 Å². The molecule has 1 amide bonds. The molecule has 0 radical (unpaired) electrons. The molecule has 5 N–H and O–H groups in total. The van der Waals surface area contributed by atoms with E-state index in [1.807, 2.05) is 0 Å². The molecule has 0 aromatic heterocycles. The lowest BCUT2D eigenvalue weighted by Gasteiger charge is -2.11. The SMILES string of the molecule is COCC(N)CCNC(=O)c1cc(O)cc(O)c1. The maximum Gasteiger partial charge on any atom is 0.251 e. The van der Waals surface area contributed by atoms with Crippen molar-refractivity contribution in [2.24, 2.45) is 5.73 Å². The number of nitrogens with two attached hydrogens (primary N) is 1. The monoisotopic (exact) mass is 254 g/mol. The van der Waals surface area contributed by atoms with Crippen LogP contribution >= 0.6 is 0 Å². The van der Waals surface area contributed by atoms with Crippen molar-refractivity contribution in [2.45, 2.75) is 12.5 Å². The van der Waals surface area contributed by atoms with E-state index in [1.165, 1.54) is 12.1 Å². The quantitative estimate of drug-likeness (QED) is 0.580. The summed E-state index contributed by atoms with van der Waals surface area (Å²) in [5, 5.41) is 21.1. The molecule has 0 aliphatic rings. The van der Waals surface area contributed by atoms with Gasteiger partial charge in [0.25, 0.3) is 5.91 Å². The highest BCUT2D eigenvalue weighted by atomic mass is 16.5. The molecule has 0 heterocycles. The summed E-state index contributed by atoms with van der Waals surface area (Å²) in [5.41, 5.74) is 5.90. The Morgan fingerprint density at radius 1 is 1.39 bits per heavy atom. The highest BCUT2D eigenvalue weighted by molar-refractivity contribution is 5.95. The number of carbonyl (C=O) groups is 1. The van der Waals surface area contributed by atoms with Crippen molar-refractivity contribution in [1.29, 1.82) is 0 Å². The first kappa shape index (κ1) is 14.3. The van der Waals surface area contributed by atoms with E-state index in [1.54, 1.807) is 7.11 Å². The highest BCUT2D eigenvalue weighted by Gasteiger charge is 2.09. The number of phenolic OH excluding ortho intramolecular Hbond substituents is 2. The molecule has 0 saturated heterocycles. The van der Waals surface area contributed by atoms with E-state index in [9.17, 15) is 15.0 Å². The van der Waals surface area contributed by atoms with Gasteiger partial charge in [-0.2, -0.15) is 0 Å². The molecule has 1 rings (SSSR count). The average molecular weight is 254 g/mol. The van der Waals surface area contributed by atoms with Crippen LogP contribution in [0.15, 0.2) is 18.2 Å². The maximum atomic E-state index is 11.7. The van der Waals surface area contributed by atoms with Crippen LogP contribution in [0.2, 0.25) is 0 Å². The second kappa shape index (κ2) is 6.83. The van der Waals surface area contributed by atoms with Crippen molar-refractivity contribution in [3.63, 3.8) is 0 Å². The van der Waals surface area contributed by atoms with Gasteiger partial charge in [0.05, 0.1) is 6.61 Å². The van der Waals surface area contributed by atoms with Crippen LogP contribution < -0.4 is 11.1 Å². The summed E-state index contributed by atoms with van der Waals surface area (Å²) in [5.74, 6) is -0.682. The minimum atomic E-state index is -0.370. The molecule has 0 bridgehead atoms. The Hall–Kier alpha value is -1.79. The van der Waals surface area contributed by atoms with Gasteiger partial charge in [-0.15, -0.1) is 0 Å². The number of rotatable bonds is 6. The molecule has 100 valence electrons. The zero-order valence-corrected chi connectivity index (χ0v) is 10.2. The summed E-state index contributed by atoms with van der Waals surface area (Å²) < 4.78 is 4.87. The average Bonchev–Trinajstić information content (AvgIpc) is 2.27. The minimum Gasteiger partial charge on any atom is -0.508 e. The standard InChI is InChI=1S/C12H18N2O4/c1-18-7-9(13)2-3-14-12(17)8-4-10(15)6-11(16)5-8/h4-6,9,15-16H,2-3,7,13H2,1H3,(H,14,17). The van der Waals surface area contributed by atoms with Gasteiger partial charge in [-0.1, -0.05) is 0 Å². The van der Waals surface area contributed by atoms with Gasteiger partial charge in [0.1, 0.15) is 11.5 Å². The maximum absolute atomic E-state index is 11.7. The van der Waals surface area contributed by atoms with Gasteiger partial charge in [-0.25, -0.2) is 0 Å². The molecule has 18 heavy (non-hydrogen) atoms. The summed E-state index contributed by atoms with van der Waals surface area (Å²) in [6.45, 7) is 0.836. The molecule has 1 aromatic rings. The number of hydrogen-bond acceptors (Lipinski definition) is 5. The third kappa shape index (κ3) is 4.60. The largest absolute Gasteiger partial charge is 0.508 e. The van der Waals surface area contributed by atoms with Crippen molar-refractivity contribution < 1.29 is 19.7 Å². The lowest BCUT2D eigenvalue weighted by Crippen LogP contribution is -2.32. The summed E-state index contributed by atoms with van der Waals surface area (Å²) in [6, 6.07) is 3.59. The third-order valence-corrected chi connectivity index (χ3v) is 2.35. The highest BCUT2D eigenvalue weighted by Crippen LogP contribution is 2.20. The molecule has 6 heteroatoms. The van der Waals surface area contributed by atoms with Crippen LogP contribution in [0.4, 0.5) is 0 Å². The Kier molecular flexibility index (Phi) is 5.41. The molecule has 0 aliphatic heterocycles. The predicted molar refractivity (Wildman–Crippen MR) is 66.6 cm³/mol. The van der Waals surface area contributed by atoms with E-state index in [0.29, 0.717) is 19.6 Å². The van der Waals surface area contributed by atoms with Crippen LogP contribution in [0.3, 0.4) is 0 Å². The first-order valence-corrected chi connectivity index (χ1v) is 5.58. The smallest absolute Gasteiger partial charge is 0.251 e. The van der Waals surface area contributed by atoms with Gasteiger partial charge in [0, 0.05) is 31.3 Å². The molecular weight excluding hydrogens is 236 g/mol. The lowest BCUT2D eigenvalue weighted by molar-refractivity contribution is 0.0949. The van der Waals surface area contributed by atoms with E-state index in [-0.39, 0.29) is 29.0 Å². The second-order valence-corrected chi connectivity index (χ2v) is 4.00. The third-order valence-electron chi connectivity index (χ3n) is 2.35. The van der Waals surface area contributed by atoms with Crippen LogP contribution in [-0.2, 0) is 4.74 Å². The zero-order valence-electron chi connectivity index (χ0n) is 10.2. The zero-order chi connectivity index (χ0) is 13.5. The Bertz CT molecular complexity index is 389. The first-order valence-electron chi connectivity index (χ1n) is 5.58. The fourth-order valence-electron chi connectivity index (χ4n) is 1.50. The lowest BCUT2D eigenvalue weighted by atomic mass is 10.2. The number of amides is 1. The van der Waals surface area contributed by atoms with Crippen LogP contribution in [0.25, 0.3) is 0 Å². The predicted octanol–water partition coefficient (Wildman–Crippen LogP) is 0.191. The number of benzene rings is 1. The molecule has 0 fully saturated rings. The van der Waals surface area contributed by atoms with Crippen molar-refractivity contribution in [3.8, 4) is 11.5 Å². The molecule has 6 nitrogen and oxygen atoms in total. The Morgan fingerprint density at radius 3 is 2.56 bits per heavy atom. The van der Waals surface area contributed by atoms with E-state index >= 15 is 0 Å². The Balaban J connectivity index is 2.45. The fraction of sp³-hybridized carbons (Fsp3) is 0.417. The van der Waals surface area contributed by atoms with Crippen LogP contribution in [0.5, 0.6) is 11.5 Å².